The van der Waals surface area contributed by atoms with Gasteiger partial charge in [-0.05, 0) is 24.6 Å². The number of hydrogen-bond donors (Lipinski definition) is 1. The van der Waals surface area contributed by atoms with Crippen LogP contribution in [0.2, 0.25) is 0 Å². The van der Waals surface area contributed by atoms with Crippen LogP contribution in [-0.2, 0) is 6.54 Å². The summed E-state index contributed by atoms with van der Waals surface area (Å²) in [5.41, 5.74) is 2.80. The molecule has 0 saturated carbocycles. The first-order chi connectivity index (χ1) is 11.9. The lowest BCUT2D eigenvalue weighted by atomic mass is 10.3. The Labute approximate surface area is 139 Å². The molecule has 0 spiro atoms. The van der Waals surface area contributed by atoms with Crippen molar-refractivity contribution in [3.63, 3.8) is 0 Å². The van der Waals surface area contributed by atoms with Crippen LogP contribution in [0.25, 0.3) is 17.0 Å². The molecule has 120 valence electrons. The molecule has 0 radical (unpaired) electrons. The van der Waals surface area contributed by atoms with Crippen molar-refractivity contribution in [1.29, 1.82) is 0 Å². The number of rotatable bonds is 6. The zero-order valence-corrected chi connectivity index (χ0v) is 13.1. The third-order valence-electron chi connectivity index (χ3n) is 3.80. The summed E-state index contributed by atoms with van der Waals surface area (Å²) in [6.07, 6.45) is 13.9. The van der Waals surface area contributed by atoms with E-state index in [1.807, 2.05) is 49.2 Å². The van der Waals surface area contributed by atoms with Gasteiger partial charge in [-0.2, -0.15) is 5.10 Å². The van der Waals surface area contributed by atoms with E-state index in [2.05, 4.69) is 29.9 Å². The van der Waals surface area contributed by atoms with Crippen molar-refractivity contribution in [3.8, 4) is 11.4 Å². The molecule has 4 aromatic heterocycles. The van der Waals surface area contributed by atoms with Crippen molar-refractivity contribution in [3.05, 3.63) is 61.6 Å². The van der Waals surface area contributed by atoms with E-state index >= 15 is 0 Å². The van der Waals surface area contributed by atoms with Crippen LogP contribution in [0.4, 0.5) is 5.69 Å². The first-order valence-electron chi connectivity index (χ1n) is 7.85. The zero-order valence-electron chi connectivity index (χ0n) is 13.1. The second kappa shape index (κ2) is 6.49. The number of aromatic nitrogens is 6. The van der Waals surface area contributed by atoms with Gasteiger partial charge in [0.15, 0.2) is 5.65 Å². The molecular weight excluding hydrogens is 302 g/mol. The molecule has 0 fully saturated rings. The third-order valence-corrected chi connectivity index (χ3v) is 3.80. The summed E-state index contributed by atoms with van der Waals surface area (Å²) in [7, 11) is 0. The summed E-state index contributed by atoms with van der Waals surface area (Å²) in [5, 5.41) is 7.70. The third kappa shape index (κ3) is 2.83. The smallest absolute Gasteiger partial charge is 0.165 e. The number of imidazole rings is 1. The van der Waals surface area contributed by atoms with Crippen molar-refractivity contribution >= 4 is 11.3 Å². The van der Waals surface area contributed by atoms with Crippen LogP contribution >= 0.6 is 0 Å². The lowest BCUT2D eigenvalue weighted by Gasteiger charge is -2.08. The Morgan fingerprint density at radius 3 is 2.92 bits per heavy atom. The Hall–Kier alpha value is -3.22. The standard InChI is InChI=1S/C17H17N7/c1-4-14(12-18-5-1)19-6-2-9-23-11-8-21-16(23)15-13-22-24-10-3-7-20-17(15)24/h1,3-5,7-8,10-13,19H,2,6,9H2. The van der Waals surface area contributed by atoms with Gasteiger partial charge in [0.1, 0.15) is 5.82 Å². The van der Waals surface area contributed by atoms with Crippen LogP contribution in [0.5, 0.6) is 0 Å². The average molecular weight is 319 g/mol. The molecule has 0 amide bonds. The number of aryl methyl sites for hydroxylation is 1. The van der Waals surface area contributed by atoms with Gasteiger partial charge in [0, 0.05) is 50.3 Å². The highest BCUT2D eigenvalue weighted by Gasteiger charge is 2.12. The van der Waals surface area contributed by atoms with Gasteiger partial charge in [0.2, 0.25) is 0 Å². The summed E-state index contributed by atoms with van der Waals surface area (Å²) < 4.78 is 3.90. The van der Waals surface area contributed by atoms with Crippen molar-refractivity contribution in [2.45, 2.75) is 13.0 Å². The summed E-state index contributed by atoms with van der Waals surface area (Å²) in [6, 6.07) is 5.80. The Kier molecular flexibility index (Phi) is 3.89. The molecule has 4 rings (SSSR count). The van der Waals surface area contributed by atoms with Gasteiger partial charge in [0.05, 0.1) is 17.4 Å². The number of hydrogen-bond acceptors (Lipinski definition) is 5. The molecule has 0 aliphatic carbocycles. The second-order valence-electron chi connectivity index (χ2n) is 5.41. The minimum atomic E-state index is 0.818. The highest BCUT2D eigenvalue weighted by molar-refractivity contribution is 5.72. The van der Waals surface area contributed by atoms with Crippen LogP contribution < -0.4 is 5.32 Å². The monoisotopic (exact) mass is 319 g/mol. The maximum absolute atomic E-state index is 4.48. The number of nitrogens with zero attached hydrogens (tertiary/aromatic N) is 6. The average Bonchev–Trinajstić information content (AvgIpc) is 3.26. The summed E-state index contributed by atoms with van der Waals surface area (Å²) in [6.45, 7) is 1.74. The molecule has 0 aromatic carbocycles. The molecule has 4 heterocycles. The number of pyridine rings is 1. The molecule has 0 aliphatic rings. The first kappa shape index (κ1) is 14.4. The molecular formula is C17H17N7. The van der Waals surface area contributed by atoms with Crippen molar-refractivity contribution in [2.75, 3.05) is 11.9 Å². The molecule has 0 bridgehead atoms. The predicted molar refractivity (Wildman–Crippen MR) is 91.6 cm³/mol. The fraction of sp³-hybridized carbons (Fsp3) is 0.176. The van der Waals surface area contributed by atoms with Gasteiger partial charge in [-0.25, -0.2) is 14.5 Å². The van der Waals surface area contributed by atoms with Crippen LogP contribution in [0.1, 0.15) is 6.42 Å². The van der Waals surface area contributed by atoms with E-state index < -0.39 is 0 Å². The molecule has 0 saturated heterocycles. The number of nitrogens with one attached hydrogen (secondary N) is 1. The van der Waals surface area contributed by atoms with Gasteiger partial charge in [-0.1, -0.05) is 0 Å². The largest absolute Gasteiger partial charge is 0.384 e. The van der Waals surface area contributed by atoms with E-state index in [4.69, 9.17) is 0 Å². The van der Waals surface area contributed by atoms with Crippen molar-refractivity contribution in [2.24, 2.45) is 0 Å². The first-order valence-corrected chi connectivity index (χ1v) is 7.85. The number of fused-ring (bicyclic) bond motifs is 1. The highest BCUT2D eigenvalue weighted by Crippen LogP contribution is 2.21. The van der Waals surface area contributed by atoms with Crippen LogP contribution in [0, 0.1) is 0 Å². The summed E-state index contributed by atoms with van der Waals surface area (Å²) >= 11 is 0. The van der Waals surface area contributed by atoms with E-state index in [0.717, 1.165) is 42.2 Å². The summed E-state index contributed by atoms with van der Waals surface area (Å²) in [4.78, 5) is 13.0. The lowest BCUT2D eigenvalue weighted by Crippen LogP contribution is -2.07. The molecule has 0 atom stereocenters. The summed E-state index contributed by atoms with van der Waals surface area (Å²) in [5.74, 6) is 0.894. The van der Waals surface area contributed by atoms with Crippen LogP contribution in [0.15, 0.2) is 61.6 Å². The van der Waals surface area contributed by atoms with Gasteiger partial charge < -0.3 is 9.88 Å². The Bertz CT molecular complexity index is 926. The minimum Gasteiger partial charge on any atom is -0.384 e. The Morgan fingerprint density at radius 2 is 2.00 bits per heavy atom. The van der Waals surface area contributed by atoms with Gasteiger partial charge in [-0.15, -0.1) is 0 Å². The minimum absolute atomic E-state index is 0.818. The topological polar surface area (TPSA) is 72.9 Å². The van der Waals surface area contributed by atoms with Crippen LogP contribution in [-0.4, -0.2) is 35.7 Å². The SMILES string of the molecule is c1cncc(NCCCn2ccnc2-c2cnn3cccnc23)c1. The molecule has 1 N–H and O–H groups in total. The molecule has 0 aliphatic heterocycles. The van der Waals surface area contributed by atoms with Crippen LogP contribution in [0.3, 0.4) is 0 Å². The lowest BCUT2D eigenvalue weighted by molar-refractivity contribution is 0.667. The van der Waals surface area contributed by atoms with E-state index in [1.54, 1.807) is 16.9 Å². The fourth-order valence-corrected chi connectivity index (χ4v) is 2.67. The van der Waals surface area contributed by atoms with Gasteiger partial charge in [-0.3, -0.25) is 4.98 Å². The fourth-order valence-electron chi connectivity index (χ4n) is 2.67. The normalized spacial score (nSPS) is 11.0. The quantitative estimate of drug-likeness (QED) is 0.553. The number of anilines is 1. The Balaban J connectivity index is 1.45. The Morgan fingerprint density at radius 1 is 1.00 bits per heavy atom. The second-order valence-corrected chi connectivity index (χ2v) is 5.41. The highest BCUT2D eigenvalue weighted by atomic mass is 15.2. The molecule has 7 heteroatoms. The van der Waals surface area contributed by atoms with Crippen molar-refractivity contribution in [1.82, 2.24) is 29.1 Å². The van der Waals surface area contributed by atoms with Gasteiger partial charge in [0.25, 0.3) is 0 Å². The molecule has 24 heavy (non-hydrogen) atoms. The van der Waals surface area contributed by atoms with Gasteiger partial charge >= 0.3 is 0 Å². The van der Waals surface area contributed by atoms with E-state index in [-0.39, 0.29) is 0 Å². The van der Waals surface area contributed by atoms with E-state index in [1.165, 1.54) is 0 Å². The maximum atomic E-state index is 4.48. The van der Waals surface area contributed by atoms with E-state index in [9.17, 15) is 0 Å². The van der Waals surface area contributed by atoms with E-state index in [0.29, 0.717) is 0 Å². The van der Waals surface area contributed by atoms with Crippen molar-refractivity contribution < 1.29 is 0 Å². The maximum Gasteiger partial charge on any atom is 0.165 e. The predicted octanol–water partition coefficient (Wildman–Crippen LogP) is 2.49. The molecule has 7 nitrogen and oxygen atoms in total. The molecule has 4 aromatic rings. The zero-order chi connectivity index (χ0) is 16.2. The molecule has 0 unspecified atom stereocenters.